The van der Waals surface area contributed by atoms with E-state index in [2.05, 4.69) is 11.0 Å². The van der Waals surface area contributed by atoms with E-state index in [0.717, 1.165) is 57.0 Å². The zero-order chi connectivity index (χ0) is 13.2. The SMILES string of the molecule is CC(=O)c1cccc2c1CCN2CC1CCOCC1. The topological polar surface area (TPSA) is 29.5 Å². The Morgan fingerprint density at radius 3 is 2.89 bits per heavy atom. The standard InChI is InChI=1S/C16H21NO2/c1-12(18)14-3-2-4-16-15(14)5-8-17(16)11-13-6-9-19-10-7-13/h2-4,13H,5-11H2,1H3. The smallest absolute Gasteiger partial charge is 0.160 e. The number of rotatable bonds is 3. The van der Waals surface area contributed by atoms with Gasteiger partial charge in [-0.15, -0.1) is 0 Å². The predicted molar refractivity (Wildman–Crippen MR) is 75.9 cm³/mol. The molecule has 0 atom stereocenters. The van der Waals surface area contributed by atoms with Gasteiger partial charge in [0.1, 0.15) is 0 Å². The highest BCUT2D eigenvalue weighted by Crippen LogP contribution is 2.32. The van der Waals surface area contributed by atoms with E-state index in [0.29, 0.717) is 0 Å². The number of ketones is 1. The molecule has 0 unspecified atom stereocenters. The van der Waals surface area contributed by atoms with Gasteiger partial charge in [0.15, 0.2) is 5.78 Å². The van der Waals surface area contributed by atoms with Crippen molar-refractivity contribution in [2.75, 3.05) is 31.2 Å². The van der Waals surface area contributed by atoms with Crippen LogP contribution < -0.4 is 4.90 Å². The second-order valence-electron chi connectivity index (χ2n) is 5.61. The van der Waals surface area contributed by atoms with Gasteiger partial charge < -0.3 is 9.64 Å². The Morgan fingerprint density at radius 1 is 1.37 bits per heavy atom. The van der Waals surface area contributed by atoms with Crippen molar-refractivity contribution in [3.8, 4) is 0 Å². The molecule has 1 aromatic rings. The fourth-order valence-corrected chi connectivity index (χ4v) is 3.26. The van der Waals surface area contributed by atoms with E-state index in [4.69, 9.17) is 4.74 Å². The van der Waals surface area contributed by atoms with Crippen LogP contribution in [0.1, 0.15) is 35.7 Å². The third-order valence-electron chi connectivity index (χ3n) is 4.32. The summed E-state index contributed by atoms with van der Waals surface area (Å²) in [6, 6.07) is 6.13. The molecule has 102 valence electrons. The van der Waals surface area contributed by atoms with E-state index < -0.39 is 0 Å². The predicted octanol–water partition coefficient (Wildman–Crippen LogP) is 2.68. The molecule has 3 heteroatoms. The first-order chi connectivity index (χ1) is 9.25. The minimum Gasteiger partial charge on any atom is -0.381 e. The minimum atomic E-state index is 0.185. The second kappa shape index (κ2) is 5.33. The van der Waals surface area contributed by atoms with E-state index >= 15 is 0 Å². The molecule has 19 heavy (non-hydrogen) atoms. The van der Waals surface area contributed by atoms with E-state index in [1.165, 1.54) is 11.3 Å². The van der Waals surface area contributed by atoms with Crippen LogP contribution in [0, 0.1) is 5.92 Å². The highest BCUT2D eigenvalue weighted by Gasteiger charge is 2.25. The van der Waals surface area contributed by atoms with Crippen LogP contribution in [-0.2, 0) is 11.2 Å². The molecule has 0 N–H and O–H groups in total. The summed E-state index contributed by atoms with van der Waals surface area (Å²) < 4.78 is 5.42. The van der Waals surface area contributed by atoms with Crippen LogP contribution >= 0.6 is 0 Å². The summed E-state index contributed by atoms with van der Waals surface area (Å²) in [5.41, 5.74) is 3.44. The van der Waals surface area contributed by atoms with Gasteiger partial charge in [0, 0.05) is 37.6 Å². The summed E-state index contributed by atoms with van der Waals surface area (Å²) in [4.78, 5) is 14.1. The molecule has 1 fully saturated rings. The number of carbonyl (C=O) groups excluding carboxylic acids is 1. The van der Waals surface area contributed by atoms with Gasteiger partial charge in [-0.3, -0.25) is 4.79 Å². The minimum absolute atomic E-state index is 0.185. The molecule has 3 rings (SSSR count). The van der Waals surface area contributed by atoms with Gasteiger partial charge in [-0.05, 0) is 43.7 Å². The van der Waals surface area contributed by atoms with E-state index in [1.807, 2.05) is 12.1 Å². The van der Waals surface area contributed by atoms with Crippen LogP contribution in [0.5, 0.6) is 0 Å². The maximum absolute atomic E-state index is 11.7. The summed E-state index contributed by atoms with van der Waals surface area (Å²) in [7, 11) is 0. The third-order valence-corrected chi connectivity index (χ3v) is 4.32. The molecule has 0 saturated carbocycles. The van der Waals surface area contributed by atoms with Gasteiger partial charge in [-0.2, -0.15) is 0 Å². The quantitative estimate of drug-likeness (QED) is 0.782. The van der Waals surface area contributed by atoms with Gasteiger partial charge >= 0.3 is 0 Å². The van der Waals surface area contributed by atoms with Crippen molar-refractivity contribution < 1.29 is 9.53 Å². The Hall–Kier alpha value is -1.35. The summed E-state index contributed by atoms with van der Waals surface area (Å²) in [5.74, 6) is 0.922. The fraction of sp³-hybridized carbons (Fsp3) is 0.562. The number of carbonyl (C=O) groups is 1. The largest absolute Gasteiger partial charge is 0.381 e. The summed E-state index contributed by atoms with van der Waals surface area (Å²) in [5, 5.41) is 0. The molecule has 3 nitrogen and oxygen atoms in total. The van der Waals surface area contributed by atoms with Gasteiger partial charge in [-0.1, -0.05) is 12.1 Å². The van der Waals surface area contributed by atoms with Gasteiger partial charge in [0.05, 0.1) is 0 Å². The van der Waals surface area contributed by atoms with Crippen LogP contribution in [0.3, 0.4) is 0 Å². The lowest BCUT2D eigenvalue weighted by Gasteiger charge is -2.28. The van der Waals surface area contributed by atoms with Crippen LogP contribution in [0.15, 0.2) is 18.2 Å². The molecule has 0 spiro atoms. The number of Topliss-reactive ketones (excluding diaryl/α,β-unsaturated/α-hetero) is 1. The Bertz CT molecular complexity index is 478. The van der Waals surface area contributed by atoms with Gasteiger partial charge in [0.25, 0.3) is 0 Å². The molecule has 2 heterocycles. The average molecular weight is 259 g/mol. The monoisotopic (exact) mass is 259 g/mol. The summed E-state index contributed by atoms with van der Waals surface area (Å²) in [6.45, 7) is 5.63. The molecule has 0 bridgehead atoms. The molecule has 0 aliphatic carbocycles. The molecular weight excluding hydrogens is 238 g/mol. The van der Waals surface area contributed by atoms with Crippen LogP contribution in [-0.4, -0.2) is 32.1 Å². The van der Waals surface area contributed by atoms with E-state index in [9.17, 15) is 4.79 Å². The number of ether oxygens (including phenoxy) is 1. The average Bonchev–Trinajstić information content (AvgIpc) is 2.83. The highest BCUT2D eigenvalue weighted by molar-refractivity contribution is 5.97. The Morgan fingerprint density at radius 2 is 2.16 bits per heavy atom. The lowest BCUT2D eigenvalue weighted by atomic mass is 9.99. The number of benzene rings is 1. The molecule has 1 aromatic carbocycles. The Kier molecular flexibility index (Phi) is 3.56. The number of nitrogens with zero attached hydrogens (tertiary/aromatic N) is 1. The van der Waals surface area contributed by atoms with Crippen molar-refractivity contribution in [1.29, 1.82) is 0 Å². The Labute approximate surface area is 114 Å². The maximum atomic E-state index is 11.7. The molecule has 0 amide bonds. The van der Waals surface area contributed by atoms with Gasteiger partial charge in [-0.25, -0.2) is 0 Å². The summed E-state index contributed by atoms with van der Waals surface area (Å²) in [6.07, 6.45) is 3.34. The lowest BCUT2D eigenvalue weighted by molar-refractivity contribution is 0.0683. The first-order valence-electron chi connectivity index (χ1n) is 7.21. The lowest BCUT2D eigenvalue weighted by Crippen LogP contribution is -2.31. The number of hydrogen-bond donors (Lipinski definition) is 0. The zero-order valence-electron chi connectivity index (χ0n) is 11.5. The maximum Gasteiger partial charge on any atom is 0.160 e. The zero-order valence-corrected chi connectivity index (χ0v) is 11.5. The van der Waals surface area contributed by atoms with Crippen molar-refractivity contribution in [1.82, 2.24) is 0 Å². The van der Waals surface area contributed by atoms with Crippen molar-refractivity contribution in [2.24, 2.45) is 5.92 Å². The molecule has 2 aliphatic heterocycles. The molecule has 2 aliphatic rings. The fourth-order valence-electron chi connectivity index (χ4n) is 3.26. The van der Waals surface area contributed by atoms with Crippen molar-refractivity contribution in [3.63, 3.8) is 0 Å². The van der Waals surface area contributed by atoms with E-state index in [-0.39, 0.29) is 5.78 Å². The molecular formula is C16H21NO2. The number of anilines is 1. The second-order valence-corrected chi connectivity index (χ2v) is 5.61. The molecule has 0 aromatic heterocycles. The summed E-state index contributed by atoms with van der Waals surface area (Å²) >= 11 is 0. The van der Waals surface area contributed by atoms with Crippen LogP contribution in [0.25, 0.3) is 0 Å². The van der Waals surface area contributed by atoms with Crippen LogP contribution in [0.4, 0.5) is 5.69 Å². The number of hydrogen-bond acceptors (Lipinski definition) is 3. The highest BCUT2D eigenvalue weighted by atomic mass is 16.5. The third kappa shape index (κ3) is 2.52. The first-order valence-corrected chi connectivity index (χ1v) is 7.21. The number of fused-ring (bicyclic) bond motifs is 1. The molecule has 0 radical (unpaired) electrons. The van der Waals surface area contributed by atoms with Crippen molar-refractivity contribution in [3.05, 3.63) is 29.3 Å². The van der Waals surface area contributed by atoms with E-state index in [1.54, 1.807) is 6.92 Å². The Balaban J connectivity index is 1.78. The first kappa shape index (κ1) is 12.7. The van der Waals surface area contributed by atoms with Crippen molar-refractivity contribution in [2.45, 2.75) is 26.2 Å². The van der Waals surface area contributed by atoms with Crippen molar-refractivity contribution >= 4 is 11.5 Å². The van der Waals surface area contributed by atoms with Gasteiger partial charge in [0.2, 0.25) is 0 Å². The normalized spacial score (nSPS) is 19.5. The molecule has 1 saturated heterocycles. The van der Waals surface area contributed by atoms with Crippen LogP contribution in [0.2, 0.25) is 0 Å².